The Kier molecular flexibility index (Phi) is 3.69. The van der Waals surface area contributed by atoms with Crippen molar-refractivity contribution in [2.75, 3.05) is 0 Å². The van der Waals surface area contributed by atoms with Crippen molar-refractivity contribution in [2.45, 2.75) is 36.8 Å². The van der Waals surface area contributed by atoms with E-state index in [9.17, 15) is 25.2 Å². The number of carboxylic acid groups (broad SMARTS) is 1. The fourth-order valence-electron chi connectivity index (χ4n) is 2.10. The lowest BCUT2D eigenvalue weighted by Gasteiger charge is -2.44. The zero-order valence-electron chi connectivity index (χ0n) is 8.65. The van der Waals surface area contributed by atoms with Gasteiger partial charge in [0, 0.05) is 12.3 Å². The Balaban J connectivity index is 3.05. The van der Waals surface area contributed by atoms with Gasteiger partial charge in [-0.25, -0.2) is 4.79 Å². The van der Waals surface area contributed by atoms with Gasteiger partial charge in [-0.15, -0.1) is 6.58 Å². The van der Waals surface area contributed by atoms with Crippen LogP contribution in [0.4, 0.5) is 0 Å². The molecule has 5 N–H and O–H groups in total. The molecule has 0 aromatic rings. The normalized spacial score (nSPS) is 44.0. The molecule has 1 aliphatic carbocycles. The van der Waals surface area contributed by atoms with Crippen LogP contribution in [0.15, 0.2) is 12.7 Å². The van der Waals surface area contributed by atoms with Gasteiger partial charge in [0.1, 0.15) is 6.10 Å². The summed E-state index contributed by atoms with van der Waals surface area (Å²) in [6.45, 7) is 3.40. The van der Waals surface area contributed by atoms with E-state index in [1.165, 1.54) is 6.08 Å². The predicted octanol–water partition coefficient (Wildman–Crippen LogP) is -1.52. The summed E-state index contributed by atoms with van der Waals surface area (Å²) in [4.78, 5) is 11.0. The predicted molar refractivity (Wildman–Crippen MR) is 53.5 cm³/mol. The van der Waals surface area contributed by atoms with Crippen LogP contribution >= 0.6 is 0 Å². The van der Waals surface area contributed by atoms with Gasteiger partial charge in [-0.1, -0.05) is 6.08 Å². The van der Waals surface area contributed by atoms with Crippen LogP contribution in [0.3, 0.4) is 0 Å². The Bertz CT molecular complexity index is 291. The Hall–Kier alpha value is -0.950. The molecule has 0 unspecified atom stereocenters. The molecule has 0 radical (unpaired) electrons. The van der Waals surface area contributed by atoms with Gasteiger partial charge in [0.05, 0.1) is 12.2 Å². The van der Waals surface area contributed by atoms with Gasteiger partial charge in [0.2, 0.25) is 0 Å². The summed E-state index contributed by atoms with van der Waals surface area (Å²) in [6.07, 6.45) is -3.54. The van der Waals surface area contributed by atoms with Crippen molar-refractivity contribution >= 4 is 5.97 Å². The minimum atomic E-state index is -2.24. The maximum Gasteiger partial charge on any atom is 0.336 e. The molecule has 0 bridgehead atoms. The molecule has 0 spiro atoms. The maximum atomic E-state index is 11.0. The number of allylic oxidation sites excluding steroid dienone is 1. The van der Waals surface area contributed by atoms with E-state index >= 15 is 0 Å². The second-order valence-electron chi connectivity index (χ2n) is 4.11. The Labute approximate surface area is 92.5 Å². The van der Waals surface area contributed by atoms with E-state index in [2.05, 4.69) is 6.58 Å². The largest absolute Gasteiger partial charge is 0.479 e. The van der Waals surface area contributed by atoms with Crippen LogP contribution in [0.5, 0.6) is 0 Å². The van der Waals surface area contributed by atoms with Gasteiger partial charge in [-0.3, -0.25) is 0 Å². The van der Waals surface area contributed by atoms with Crippen LogP contribution in [-0.2, 0) is 4.79 Å². The number of aliphatic hydroxyl groups is 4. The summed E-state index contributed by atoms with van der Waals surface area (Å²) in [5, 5.41) is 47.3. The summed E-state index contributed by atoms with van der Waals surface area (Å²) < 4.78 is 0. The molecule has 5 atom stereocenters. The average Bonchev–Trinajstić information content (AvgIpc) is 2.21. The number of aliphatic carboxylic acids is 1. The van der Waals surface area contributed by atoms with Crippen molar-refractivity contribution in [3.8, 4) is 0 Å². The van der Waals surface area contributed by atoms with Crippen molar-refractivity contribution in [3.63, 3.8) is 0 Å². The lowest BCUT2D eigenvalue weighted by molar-refractivity contribution is -0.208. The van der Waals surface area contributed by atoms with Crippen LogP contribution in [0, 0.1) is 5.92 Å². The summed E-state index contributed by atoms with van der Waals surface area (Å²) in [6, 6.07) is 0. The molecule has 1 aliphatic rings. The van der Waals surface area contributed by atoms with E-state index in [4.69, 9.17) is 5.11 Å². The van der Waals surface area contributed by atoms with Crippen molar-refractivity contribution in [1.29, 1.82) is 0 Å². The highest BCUT2D eigenvalue weighted by molar-refractivity contribution is 5.78. The Morgan fingerprint density at radius 3 is 2.38 bits per heavy atom. The molecule has 0 aliphatic heterocycles. The highest BCUT2D eigenvalue weighted by atomic mass is 16.4. The van der Waals surface area contributed by atoms with Crippen LogP contribution in [0.2, 0.25) is 0 Å². The quantitative estimate of drug-likeness (QED) is 0.377. The van der Waals surface area contributed by atoms with Gasteiger partial charge >= 0.3 is 5.97 Å². The second kappa shape index (κ2) is 4.50. The third kappa shape index (κ3) is 1.97. The molecule has 0 heterocycles. The lowest BCUT2D eigenvalue weighted by Crippen LogP contribution is -2.62. The summed E-state index contributed by atoms with van der Waals surface area (Å²) >= 11 is 0. The first-order valence-electron chi connectivity index (χ1n) is 4.95. The van der Waals surface area contributed by atoms with Crippen molar-refractivity contribution in [2.24, 2.45) is 5.92 Å². The molecule has 1 rings (SSSR count). The number of carboxylic acids is 1. The first-order valence-corrected chi connectivity index (χ1v) is 4.95. The standard InChI is InChI=1S/C10H16O6/c1-2-3-5-7(12)8(13)6(11)4-10(5,16)9(14)15/h2,5-8,11-13,16H,1,3-4H2,(H,14,15)/t5-,6+,7+,8-,10-/m0/s1. The maximum absolute atomic E-state index is 11.0. The molecule has 0 aromatic heterocycles. The van der Waals surface area contributed by atoms with Crippen molar-refractivity contribution in [1.82, 2.24) is 0 Å². The van der Waals surface area contributed by atoms with E-state index in [1.807, 2.05) is 0 Å². The highest BCUT2D eigenvalue weighted by Crippen LogP contribution is 2.37. The number of rotatable bonds is 3. The highest BCUT2D eigenvalue weighted by Gasteiger charge is 2.55. The smallest absolute Gasteiger partial charge is 0.336 e. The molecule has 6 heteroatoms. The van der Waals surface area contributed by atoms with Gasteiger partial charge in [-0.05, 0) is 6.42 Å². The fourth-order valence-corrected chi connectivity index (χ4v) is 2.10. The van der Waals surface area contributed by atoms with E-state index in [-0.39, 0.29) is 6.42 Å². The van der Waals surface area contributed by atoms with Gasteiger partial charge in [0.25, 0.3) is 0 Å². The fraction of sp³-hybridized carbons (Fsp3) is 0.700. The molecule has 1 fully saturated rings. The number of aliphatic hydroxyl groups excluding tert-OH is 3. The van der Waals surface area contributed by atoms with Crippen molar-refractivity contribution < 1.29 is 30.3 Å². The third-order valence-electron chi connectivity index (χ3n) is 3.08. The zero-order valence-corrected chi connectivity index (χ0v) is 8.65. The summed E-state index contributed by atoms with van der Waals surface area (Å²) in [5.41, 5.74) is -2.24. The van der Waals surface area contributed by atoms with Gasteiger partial charge < -0.3 is 25.5 Å². The molecule has 92 valence electrons. The first kappa shape index (κ1) is 13.1. The molecule has 0 amide bonds. The van der Waals surface area contributed by atoms with E-state index < -0.39 is 42.2 Å². The molecular weight excluding hydrogens is 216 g/mol. The van der Waals surface area contributed by atoms with E-state index in [0.29, 0.717) is 0 Å². The number of carbonyl (C=O) groups is 1. The Morgan fingerprint density at radius 2 is 1.94 bits per heavy atom. The van der Waals surface area contributed by atoms with Gasteiger partial charge in [-0.2, -0.15) is 0 Å². The van der Waals surface area contributed by atoms with Crippen molar-refractivity contribution in [3.05, 3.63) is 12.7 Å². The number of hydrogen-bond donors (Lipinski definition) is 5. The van der Waals surface area contributed by atoms with Crippen LogP contribution in [-0.4, -0.2) is 55.4 Å². The topological polar surface area (TPSA) is 118 Å². The number of hydrogen-bond acceptors (Lipinski definition) is 5. The monoisotopic (exact) mass is 232 g/mol. The summed E-state index contributed by atoms with van der Waals surface area (Å²) in [5.74, 6) is -2.61. The molecule has 1 saturated carbocycles. The minimum Gasteiger partial charge on any atom is -0.479 e. The Morgan fingerprint density at radius 1 is 1.38 bits per heavy atom. The third-order valence-corrected chi connectivity index (χ3v) is 3.08. The van der Waals surface area contributed by atoms with Crippen LogP contribution in [0.25, 0.3) is 0 Å². The lowest BCUT2D eigenvalue weighted by atomic mass is 9.69. The average molecular weight is 232 g/mol. The SMILES string of the molecule is C=CC[C@H]1[C@@H](O)[C@@H](O)[C@H](O)C[C@@]1(O)C(=O)O. The van der Waals surface area contributed by atoms with Crippen LogP contribution < -0.4 is 0 Å². The molecular formula is C10H16O6. The zero-order chi connectivity index (χ0) is 12.5. The summed E-state index contributed by atoms with van der Waals surface area (Å²) in [7, 11) is 0. The molecule has 16 heavy (non-hydrogen) atoms. The van der Waals surface area contributed by atoms with E-state index in [0.717, 1.165) is 0 Å². The molecule has 0 saturated heterocycles. The van der Waals surface area contributed by atoms with E-state index in [1.54, 1.807) is 0 Å². The molecule has 0 aromatic carbocycles. The second-order valence-corrected chi connectivity index (χ2v) is 4.11. The van der Waals surface area contributed by atoms with Gasteiger partial charge in [0.15, 0.2) is 5.60 Å². The molecule has 6 nitrogen and oxygen atoms in total. The first-order chi connectivity index (χ1) is 7.34. The minimum absolute atomic E-state index is 0.0355. The van der Waals surface area contributed by atoms with Crippen LogP contribution in [0.1, 0.15) is 12.8 Å².